The second-order valence-corrected chi connectivity index (χ2v) is 7.66. The van der Waals surface area contributed by atoms with Crippen LogP contribution in [-0.4, -0.2) is 37.7 Å². The number of anilines is 1. The molecule has 9 heteroatoms. The molecule has 4 rings (SSSR count). The van der Waals surface area contributed by atoms with Gasteiger partial charge in [-0.1, -0.05) is 54.1 Å². The lowest BCUT2D eigenvalue weighted by Crippen LogP contribution is -2.21. The van der Waals surface area contributed by atoms with Crippen LogP contribution in [-0.2, 0) is 9.53 Å². The first-order valence-electron chi connectivity index (χ1n) is 10.5. The number of oxazole rings is 1. The van der Waals surface area contributed by atoms with E-state index in [0.29, 0.717) is 33.5 Å². The molecule has 0 atom stereocenters. The fraction of sp³-hybridized carbons (Fsp3) is 0.115. The maximum absolute atomic E-state index is 12.8. The Balaban J connectivity index is 1.46. The van der Waals surface area contributed by atoms with Crippen LogP contribution in [0.3, 0.4) is 0 Å². The molecule has 0 bridgehead atoms. The molecule has 0 radical (unpaired) electrons. The van der Waals surface area contributed by atoms with E-state index in [9.17, 15) is 9.59 Å². The van der Waals surface area contributed by atoms with Crippen molar-refractivity contribution in [1.82, 2.24) is 4.98 Å². The average Bonchev–Trinajstić information content (AvgIpc) is 3.39. The van der Waals surface area contributed by atoms with Gasteiger partial charge in [-0.05, 0) is 12.1 Å². The maximum Gasteiger partial charge on any atom is 0.339 e. The molecule has 0 unspecified atom stereocenters. The van der Waals surface area contributed by atoms with Crippen molar-refractivity contribution in [3.63, 3.8) is 0 Å². The molecule has 1 aromatic heterocycles. The molecule has 8 nitrogen and oxygen atoms in total. The number of aromatic nitrogens is 1. The number of benzene rings is 3. The molecule has 35 heavy (non-hydrogen) atoms. The van der Waals surface area contributed by atoms with E-state index in [0.717, 1.165) is 5.56 Å². The number of ether oxygens (including phenoxy) is 3. The SMILES string of the molecule is COc1cc(NC(=O)COC(=O)c2ccccc2-c2ncc(-c3ccccc3)o2)c(OC)cc1Cl. The van der Waals surface area contributed by atoms with Crippen molar-refractivity contribution >= 4 is 29.2 Å². The molecule has 0 saturated heterocycles. The van der Waals surface area contributed by atoms with E-state index >= 15 is 0 Å². The number of nitrogens with one attached hydrogen (secondary N) is 1. The number of hydrogen-bond acceptors (Lipinski definition) is 7. The van der Waals surface area contributed by atoms with E-state index in [-0.39, 0.29) is 11.5 Å². The van der Waals surface area contributed by atoms with Gasteiger partial charge in [0.05, 0.1) is 42.3 Å². The van der Waals surface area contributed by atoms with Crippen LogP contribution in [0, 0.1) is 0 Å². The molecule has 0 spiro atoms. The predicted octanol–water partition coefficient (Wildman–Crippen LogP) is 5.47. The highest BCUT2D eigenvalue weighted by atomic mass is 35.5. The van der Waals surface area contributed by atoms with Crippen LogP contribution >= 0.6 is 11.6 Å². The van der Waals surface area contributed by atoms with Crippen LogP contribution in [0.15, 0.2) is 77.3 Å². The van der Waals surface area contributed by atoms with E-state index in [1.807, 2.05) is 30.3 Å². The molecule has 1 N–H and O–H groups in total. The van der Waals surface area contributed by atoms with Crippen LogP contribution in [0.25, 0.3) is 22.8 Å². The van der Waals surface area contributed by atoms with Crippen molar-refractivity contribution in [3.05, 3.63) is 83.5 Å². The lowest BCUT2D eigenvalue weighted by Gasteiger charge is -2.13. The maximum atomic E-state index is 12.8. The number of rotatable bonds is 8. The predicted molar refractivity (Wildman–Crippen MR) is 131 cm³/mol. The fourth-order valence-electron chi connectivity index (χ4n) is 3.34. The summed E-state index contributed by atoms with van der Waals surface area (Å²) in [6.45, 7) is -0.526. The second-order valence-electron chi connectivity index (χ2n) is 7.25. The van der Waals surface area contributed by atoms with Crippen LogP contribution in [0.4, 0.5) is 5.69 Å². The number of hydrogen-bond donors (Lipinski definition) is 1. The Bertz CT molecular complexity index is 1350. The summed E-state index contributed by atoms with van der Waals surface area (Å²) in [6.07, 6.45) is 1.59. The molecule has 4 aromatic rings. The minimum atomic E-state index is -0.698. The largest absolute Gasteiger partial charge is 0.495 e. The number of nitrogens with zero attached hydrogens (tertiary/aromatic N) is 1. The highest BCUT2D eigenvalue weighted by molar-refractivity contribution is 6.32. The third-order valence-electron chi connectivity index (χ3n) is 5.02. The van der Waals surface area contributed by atoms with Crippen molar-refractivity contribution < 1.29 is 28.2 Å². The van der Waals surface area contributed by atoms with Gasteiger partial charge in [-0.2, -0.15) is 0 Å². The molecule has 0 aliphatic carbocycles. The van der Waals surface area contributed by atoms with Gasteiger partial charge in [-0.25, -0.2) is 9.78 Å². The zero-order valence-corrected chi connectivity index (χ0v) is 19.7. The van der Waals surface area contributed by atoms with Crippen molar-refractivity contribution in [1.29, 1.82) is 0 Å². The summed E-state index contributed by atoms with van der Waals surface area (Å²) in [4.78, 5) is 29.6. The quantitative estimate of drug-likeness (QED) is 0.325. The number of halogens is 1. The molecule has 3 aromatic carbocycles. The summed E-state index contributed by atoms with van der Waals surface area (Å²) < 4.78 is 21.5. The third-order valence-corrected chi connectivity index (χ3v) is 5.32. The Morgan fingerprint density at radius 1 is 0.971 bits per heavy atom. The smallest absolute Gasteiger partial charge is 0.339 e. The lowest BCUT2D eigenvalue weighted by atomic mass is 10.1. The van der Waals surface area contributed by atoms with Crippen molar-refractivity contribution in [2.75, 3.05) is 26.1 Å². The van der Waals surface area contributed by atoms with Gasteiger partial charge in [-0.15, -0.1) is 0 Å². The molecule has 0 aliphatic heterocycles. The zero-order chi connectivity index (χ0) is 24.8. The lowest BCUT2D eigenvalue weighted by molar-refractivity contribution is -0.119. The summed E-state index contributed by atoms with van der Waals surface area (Å²) >= 11 is 6.09. The van der Waals surface area contributed by atoms with E-state index in [1.165, 1.54) is 26.4 Å². The fourth-order valence-corrected chi connectivity index (χ4v) is 3.57. The number of amides is 1. The van der Waals surface area contributed by atoms with Crippen molar-refractivity contribution in [3.8, 4) is 34.3 Å². The first kappa shape index (κ1) is 23.8. The van der Waals surface area contributed by atoms with E-state index in [4.69, 9.17) is 30.2 Å². The molecular formula is C26H21ClN2O6. The van der Waals surface area contributed by atoms with E-state index in [1.54, 1.807) is 30.5 Å². The topological polar surface area (TPSA) is 99.9 Å². The standard InChI is InChI=1S/C26H21ClN2O6/c1-32-21-13-20(22(33-2)12-19(21)27)29-24(30)15-34-26(31)18-11-7-6-10-17(18)25-28-14-23(35-25)16-8-4-3-5-9-16/h3-14H,15H2,1-2H3,(H,29,30). The van der Waals surface area contributed by atoms with Gasteiger partial charge >= 0.3 is 5.97 Å². The minimum absolute atomic E-state index is 0.215. The Hall–Kier alpha value is -4.30. The zero-order valence-electron chi connectivity index (χ0n) is 18.9. The van der Waals surface area contributed by atoms with Gasteiger partial charge in [0.15, 0.2) is 12.4 Å². The summed E-state index contributed by atoms with van der Waals surface area (Å²) in [5.74, 6) is 0.250. The molecule has 1 amide bonds. The van der Waals surface area contributed by atoms with E-state index in [2.05, 4.69) is 10.3 Å². The monoisotopic (exact) mass is 492 g/mol. The molecule has 0 fully saturated rings. The number of carbonyl (C=O) groups is 2. The Morgan fingerprint density at radius 3 is 2.43 bits per heavy atom. The molecular weight excluding hydrogens is 472 g/mol. The minimum Gasteiger partial charge on any atom is -0.495 e. The van der Waals surface area contributed by atoms with Gasteiger partial charge in [0.25, 0.3) is 5.91 Å². The second kappa shape index (κ2) is 10.8. The first-order valence-corrected chi connectivity index (χ1v) is 10.9. The van der Waals surface area contributed by atoms with Gasteiger partial charge in [0.1, 0.15) is 11.5 Å². The number of esters is 1. The van der Waals surface area contributed by atoms with E-state index < -0.39 is 18.5 Å². The Morgan fingerprint density at radius 2 is 1.69 bits per heavy atom. The van der Waals surface area contributed by atoms with Gasteiger partial charge in [0, 0.05) is 17.7 Å². The Kier molecular flexibility index (Phi) is 7.32. The van der Waals surface area contributed by atoms with Crippen LogP contribution in [0.5, 0.6) is 11.5 Å². The summed E-state index contributed by atoms with van der Waals surface area (Å²) in [5, 5.41) is 2.95. The molecule has 1 heterocycles. The van der Waals surface area contributed by atoms with Gasteiger partial charge in [-0.3, -0.25) is 4.79 Å². The number of carbonyl (C=O) groups excluding carboxylic acids is 2. The summed E-state index contributed by atoms with van der Waals surface area (Å²) in [7, 11) is 2.89. The summed E-state index contributed by atoms with van der Waals surface area (Å²) in [6, 6.07) is 19.2. The normalized spacial score (nSPS) is 10.5. The first-order chi connectivity index (χ1) is 17.0. The van der Waals surface area contributed by atoms with Gasteiger partial charge < -0.3 is 23.9 Å². The molecule has 0 saturated carbocycles. The van der Waals surface area contributed by atoms with Gasteiger partial charge in [0.2, 0.25) is 5.89 Å². The highest BCUT2D eigenvalue weighted by Crippen LogP contribution is 2.36. The van der Waals surface area contributed by atoms with Crippen LogP contribution in [0.1, 0.15) is 10.4 Å². The Labute approximate surface area is 206 Å². The van der Waals surface area contributed by atoms with Crippen LogP contribution < -0.4 is 14.8 Å². The van der Waals surface area contributed by atoms with Crippen molar-refractivity contribution in [2.45, 2.75) is 0 Å². The highest BCUT2D eigenvalue weighted by Gasteiger charge is 2.20. The molecule has 0 aliphatic rings. The summed E-state index contributed by atoms with van der Waals surface area (Å²) in [5.41, 5.74) is 1.84. The van der Waals surface area contributed by atoms with Crippen LogP contribution in [0.2, 0.25) is 5.02 Å². The third kappa shape index (κ3) is 5.44. The molecule has 178 valence electrons. The number of methoxy groups -OCH3 is 2. The average molecular weight is 493 g/mol. The van der Waals surface area contributed by atoms with Crippen molar-refractivity contribution in [2.24, 2.45) is 0 Å².